The standard InChI is InChI=1S/C15H18ClNO2/c1-11(13-4-2-3-5-14(13)16)10-15(19)17(8-9-18)12-6-7-12/h2-5,10,12,18H,6-9H2,1H3/b11-10-. The van der Waals surface area contributed by atoms with E-state index >= 15 is 0 Å². The summed E-state index contributed by atoms with van der Waals surface area (Å²) in [5, 5.41) is 9.66. The maximum Gasteiger partial charge on any atom is 0.247 e. The maximum atomic E-state index is 12.2. The highest BCUT2D eigenvalue weighted by molar-refractivity contribution is 6.32. The van der Waals surface area contributed by atoms with Crippen LogP contribution < -0.4 is 0 Å². The Labute approximate surface area is 118 Å². The molecule has 0 bridgehead atoms. The molecular weight excluding hydrogens is 262 g/mol. The minimum atomic E-state index is -0.0473. The molecule has 2 rings (SSSR count). The van der Waals surface area contributed by atoms with Crippen molar-refractivity contribution in [2.24, 2.45) is 0 Å². The Bertz CT molecular complexity index is 495. The molecule has 1 aromatic rings. The lowest BCUT2D eigenvalue weighted by Crippen LogP contribution is -2.34. The monoisotopic (exact) mass is 279 g/mol. The molecule has 0 saturated heterocycles. The van der Waals surface area contributed by atoms with E-state index in [1.54, 1.807) is 11.0 Å². The normalized spacial score (nSPS) is 15.4. The first-order valence-electron chi connectivity index (χ1n) is 6.48. The summed E-state index contributed by atoms with van der Waals surface area (Å²) in [6.07, 6.45) is 3.67. The van der Waals surface area contributed by atoms with E-state index in [4.69, 9.17) is 16.7 Å². The molecule has 0 radical (unpaired) electrons. The van der Waals surface area contributed by atoms with Crippen LogP contribution in [0, 0.1) is 0 Å². The second kappa shape index (κ2) is 6.22. The number of hydrogen-bond donors (Lipinski definition) is 1. The molecule has 19 heavy (non-hydrogen) atoms. The fourth-order valence-corrected chi connectivity index (χ4v) is 2.38. The zero-order valence-electron chi connectivity index (χ0n) is 11.0. The number of halogens is 1. The minimum absolute atomic E-state index is 0.00121. The van der Waals surface area contributed by atoms with Crippen molar-refractivity contribution in [3.63, 3.8) is 0 Å². The van der Waals surface area contributed by atoms with E-state index in [0.29, 0.717) is 17.6 Å². The molecule has 0 unspecified atom stereocenters. The van der Waals surface area contributed by atoms with Crippen LogP contribution >= 0.6 is 11.6 Å². The number of amides is 1. The average Bonchev–Trinajstić information content (AvgIpc) is 3.20. The topological polar surface area (TPSA) is 40.5 Å². The van der Waals surface area contributed by atoms with Gasteiger partial charge in [0.2, 0.25) is 5.91 Å². The van der Waals surface area contributed by atoms with Crippen LogP contribution in [0.1, 0.15) is 25.3 Å². The Balaban J connectivity index is 2.15. The van der Waals surface area contributed by atoms with Gasteiger partial charge in [0.25, 0.3) is 0 Å². The highest BCUT2D eigenvalue weighted by atomic mass is 35.5. The highest BCUT2D eigenvalue weighted by Crippen LogP contribution is 2.28. The summed E-state index contributed by atoms with van der Waals surface area (Å²) in [4.78, 5) is 13.9. The molecule has 0 spiro atoms. The fourth-order valence-electron chi connectivity index (χ4n) is 2.09. The highest BCUT2D eigenvalue weighted by Gasteiger charge is 2.31. The minimum Gasteiger partial charge on any atom is -0.395 e. The lowest BCUT2D eigenvalue weighted by atomic mass is 10.1. The van der Waals surface area contributed by atoms with Gasteiger partial charge in [-0.15, -0.1) is 0 Å². The zero-order chi connectivity index (χ0) is 13.8. The predicted octanol–water partition coefficient (Wildman–Crippen LogP) is 2.73. The second-order valence-corrected chi connectivity index (χ2v) is 5.20. The summed E-state index contributed by atoms with van der Waals surface area (Å²) in [5.74, 6) is -0.0473. The van der Waals surface area contributed by atoms with E-state index in [1.807, 2.05) is 31.2 Å². The van der Waals surface area contributed by atoms with E-state index in [0.717, 1.165) is 24.0 Å². The zero-order valence-corrected chi connectivity index (χ0v) is 11.7. The molecule has 3 nitrogen and oxygen atoms in total. The Hall–Kier alpha value is -1.32. The predicted molar refractivity (Wildman–Crippen MR) is 76.9 cm³/mol. The number of aliphatic hydroxyl groups is 1. The van der Waals surface area contributed by atoms with Crippen molar-refractivity contribution in [3.05, 3.63) is 40.9 Å². The summed E-state index contributed by atoms with van der Waals surface area (Å²) >= 11 is 6.11. The van der Waals surface area contributed by atoms with Crippen LogP contribution in [0.2, 0.25) is 5.02 Å². The molecule has 102 valence electrons. The summed E-state index contributed by atoms with van der Waals surface area (Å²) in [6.45, 7) is 2.28. The van der Waals surface area contributed by atoms with Crippen molar-refractivity contribution in [1.82, 2.24) is 4.90 Å². The third-order valence-electron chi connectivity index (χ3n) is 3.25. The lowest BCUT2D eigenvalue weighted by Gasteiger charge is -2.20. The van der Waals surface area contributed by atoms with Gasteiger partial charge in [0.05, 0.1) is 6.61 Å². The maximum absolute atomic E-state index is 12.2. The molecule has 0 heterocycles. The average molecular weight is 280 g/mol. The molecule has 1 aliphatic carbocycles. The largest absolute Gasteiger partial charge is 0.395 e. The second-order valence-electron chi connectivity index (χ2n) is 4.79. The van der Waals surface area contributed by atoms with Crippen molar-refractivity contribution in [3.8, 4) is 0 Å². The Morgan fingerprint density at radius 3 is 2.74 bits per heavy atom. The van der Waals surface area contributed by atoms with Gasteiger partial charge in [0.15, 0.2) is 0 Å². The number of allylic oxidation sites excluding steroid dienone is 1. The molecule has 1 N–H and O–H groups in total. The van der Waals surface area contributed by atoms with Gasteiger partial charge in [0, 0.05) is 23.7 Å². The third kappa shape index (κ3) is 3.58. The molecule has 1 aliphatic rings. The van der Waals surface area contributed by atoms with E-state index < -0.39 is 0 Å². The Morgan fingerprint density at radius 1 is 1.47 bits per heavy atom. The van der Waals surface area contributed by atoms with E-state index in [2.05, 4.69) is 0 Å². The molecule has 1 amide bonds. The number of benzene rings is 1. The Kier molecular flexibility index (Phi) is 4.61. The van der Waals surface area contributed by atoms with Crippen LogP contribution in [0.15, 0.2) is 30.3 Å². The lowest BCUT2D eigenvalue weighted by molar-refractivity contribution is -0.127. The van der Waals surface area contributed by atoms with Gasteiger partial charge in [-0.2, -0.15) is 0 Å². The van der Waals surface area contributed by atoms with Crippen molar-refractivity contribution < 1.29 is 9.90 Å². The van der Waals surface area contributed by atoms with Crippen LogP contribution in [0.5, 0.6) is 0 Å². The summed E-state index contributed by atoms with van der Waals surface area (Å²) < 4.78 is 0. The van der Waals surface area contributed by atoms with E-state index in [1.165, 1.54) is 0 Å². The quantitative estimate of drug-likeness (QED) is 0.842. The first kappa shape index (κ1) is 14.1. The third-order valence-corrected chi connectivity index (χ3v) is 3.58. The first-order chi connectivity index (χ1) is 9.13. The number of aliphatic hydroxyl groups excluding tert-OH is 1. The molecule has 0 atom stereocenters. The Morgan fingerprint density at radius 2 is 2.16 bits per heavy atom. The van der Waals surface area contributed by atoms with Crippen molar-refractivity contribution in [2.45, 2.75) is 25.8 Å². The van der Waals surface area contributed by atoms with Gasteiger partial charge in [-0.25, -0.2) is 0 Å². The van der Waals surface area contributed by atoms with Crippen LogP contribution in [-0.2, 0) is 4.79 Å². The molecule has 1 fully saturated rings. The molecule has 0 aliphatic heterocycles. The molecule has 0 aromatic heterocycles. The van der Waals surface area contributed by atoms with Gasteiger partial charge in [-0.1, -0.05) is 29.8 Å². The van der Waals surface area contributed by atoms with Gasteiger partial charge >= 0.3 is 0 Å². The van der Waals surface area contributed by atoms with Gasteiger partial charge < -0.3 is 10.0 Å². The number of hydrogen-bond acceptors (Lipinski definition) is 2. The van der Waals surface area contributed by atoms with Gasteiger partial charge in [-0.05, 0) is 37.0 Å². The van der Waals surface area contributed by atoms with Crippen LogP contribution in [0.4, 0.5) is 0 Å². The van der Waals surface area contributed by atoms with Crippen LogP contribution in [0.3, 0.4) is 0 Å². The molecular formula is C15H18ClNO2. The van der Waals surface area contributed by atoms with Gasteiger partial charge in [0.1, 0.15) is 0 Å². The first-order valence-corrected chi connectivity index (χ1v) is 6.86. The van der Waals surface area contributed by atoms with Gasteiger partial charge in [-0.3, -0.25) is 4.79 Å². The summed E-state index contributed by atoms with van der Waals surface area (Å²) in [5.41, 5.74) is 1.72. The summed E-state index contributed by atoms with van der Waals surface area (Å²) in [6, 6.07) is 7.77. The van der Waals surface area contributed by atoms with Crippen molar-refractivity contribution >= 4 is 23.1 Å². The molecule has 4 heteroatoms. The SMILES string of the molecule is C/C(=C/C(=O)N(CCO)C1CC1)c1ccccc1Cl. The number of nitrogens with zero attached hydrogens (tertiary/aromatic N) is 1. The smallest absolute Gasteiger partial charge is 0.247 e. The number of carbonyl (C=O) groups excluding carboxylic acids is 1. The van der Waals surface area contributed by atoms with E-state index in [-0.39, 0.29) is 12.5 Å². The van der Waals surface area contributed by atoms with Crippen LogP contribution in [0.25, 0.3) is 5.57 Å². The number of carbonyl (C=O) groups is 1. The van der Waals surface area contributed by atoms with E-state index in [9.17, 15) is 4.79 Å². The van der Waals surface area contributed by atoms with Crippen LogP contribution in [-0.4, -0.2) is 35.1 Å². The number of rotatable bonds is 5. The van der Waals surface area contributed by atoms with Crippen molar-refractivity contribution in [2.75, 3.05) is 13.2 Å². The van der Waals surface area contributed by atoms with Crippen molar-refractivity contribution in [1.29, 1.82) is 0 Å². The summed E-state index contributed by atoms with van der Waals surface area (Å²) in [7, 11) is 0. The molecule has 1 saturated carbocycles. The fraction of sp³-hybridized carbons (Fsp3) is 0.400. The molecule has 1 aromatic carbocycles.